The van der Waals surface area contributed by atoms with Gasteiger partial charge >= 0.3 is 0 Å². The maximum absolute atomic E-state index is 12.2. The predicted molar refractivity (Wildman–Crippen MR) is 88.6 cm³/mol. The van der Waals surface area contributed by atoms with Gasteiger partial charge in [-0.05, 0) is 49.1 Å². The number of carbonyl (C=O) groups is 1. The molecule has 0 unspecified atom stereocenters. The van der Waals surface area contributed by atoms with Crippen LogP contribution >= 0.6 is 0 Å². The highest BCUT2D eigenvalue weighted by Crippen LogP contribution is 2.47. The highest BCUT2D eigenvalue weighted by Gasteiger charge is 2.36. The third kappa shape index (κ3) is 3.51. The number of nitriles is 1. The molecule has 1 saturated carbocycles. The average Bonchev–Trinajstić information content (AvgIpc) is 3.07. The predicted octanol–water partition coefficient (Wildman–Crippen LogP) is 4.26. The number of anilines is 1. The van der Waals surface area contributed by atoms with E-state index in [0.29, 0.717) is 23.3 Å². The van der Waals surface area contributed by atoms with Crippen molar-refractivity contribution in [2.24, 2.45) is 5.92 Å². The maximum atomic E-state index is 12.2. The number of nitrogens with zero attached hydrogens (tertiary/aromatic N) is 1. The van der Waals surface area contributed by atoms with Crippen molar-refractivity contribution in [1.29, 1.82) is 5.26 Å². The van der Waals surface area contributed by atoms with E-state index in [4.69, 9.17) is 4.42 Å². The van der Waals surface area contributed by atoms with Crippen LogP contribution in [0.15, 0.2) is 46.4 Å². The van der Waals surface area contributed by atoms with Gasteiger partial charge in [0.25, 0.3) is 5.91 Å². The zero-order chi connectivity index (χ0) is 16.4. The molecule has 1 aliphatic rings. The summed E-state index contributed by atoms with van der Waals surface area (Å²) >= 11 is 0. The highest BCUT2D eigenvalue weighted by molar-refractivity contribution is 6.09. The van der Waals surface area contributed by atoms with Gasteiger partial charge in [-0.3, -0.25) is 4.79 Å². The molecule has 4 nitrogen and oxygen atoms in total. The molecule has 0 saturated heterocycles. The normalized spacial score (nSPS) is 20.0. The largest absolute Gasteiger partial charge is 0.461 e. The molecule has 0 spiro atoms. The lowest BCUT2D eigenvalue weighted by atomic mass is 10.2. The molecule has 3 rings (SSSR count). The molecule has 0 bridgehead atoms. The average molecular weight is 306 g/mol. The van der Waals surface area contributed by atoms with E-state index in [2.05, 4.69) is 12.2 Å². The minimum Gasteiger partial charge on any atom is -0.461 e. The Bertz CT molecular complexity index is 811. The van der Waals surface area contributed by atoms with Gasteiger partial charge in [0.05, 0.1) is 0 Å². The number of rotatable bonds is 4. The minimum absolute atomic E-state index is 0.0243. The molecule has 4 heteroatoms. The highest BCUT2D eigenvalue weighted by atomic mass is 16.3. The first-order valence-corrected chi connectivity index (χ1v) is 7.66. The molecular formula is C19H18N2O2. The Labute approximate surface area is 135 Å². The molecular weight excluding hydrogens is 288 g/mol. The summed E-state index contributed by atoms with van der Waals surface area (Å²) in [5.41, 5.74) is 1.74. The minimum atomic E-state index is -0.434. The van der Waals surface area contributed by atoms with Crippen molar-refractivity contribution in [3.63, 3.8) is 0 Å². The number of carbonyl (C=O) groups excluding carboxylic acids is 1. The topological polar surface area (TPSA) is 66.0 Å². The van der Waals surface area contributed by atoms with E-state index >= 15 is 0 Å². The first-order chi connectivity index (χ1) is 11.1. The monoisotopic (exact) mass is 306 g/mol. The van der Waals surface area contributed by atoms with Crippen LogP contribution in [0.25, 0.3) is 6.08 Å². The van der Waals surface area contributed by atoms with Crippen molar-refractivity contribution in [1.82, 2.24) is 0 Å². The zero-order valence-corrected chi connectivity index (χ0v) is 13.2. The van der Waals surface area contributed by atoms with Crippen LogP contribution in [0.1, 0.15) is 36.3 Å². The molecule has 23 heavy (non-hydrogen) atoms. The summed E-state index contributed by atoms with van der Waals surface area (Å²) < 4.78 is 5.72. The van der Waals surface area contributed by atoms with Gasteiger partial charge in [0.15, 0.2) is 0 Å². The van der Waals surface area contributed by atoms with E-state index in [9.17, 15) is 10.1 Å². The van der Waals surface area contributed by atoms with Gasteiger partial charge in [-0.1, -0.05) is 19.1 Å². The smallest absolute Gasteiger partial charge is 0.266 e. The van der Waals surface area contributed by atoms with Gasteiger partial charge in [-0.15, -0.1) is 0 Å². The first kappa shape index (κ1) is 15.1. The number of hydrogen-bond acceptors (Lipinski definition) is 3. The van der Waals surface area contributed by atoms with Crippen LogP contribution in [0.4, 0.5) is 5.69 Å². The lowest BCUT2D eigenvalue weighted by molar-refractivity contribution is -0.112. The number of nitrogens with one attached hydrogen (secondary N) is 1. The van der Waals surface area contributed by atoms with E-state index in [1.807, 2.05) is 37.3 Å². The van der Waals surface area contributed by atoms with Gasteiger partial charge in [-0.25, -0.2) is 0 Å². The van der Waals surface area contributed by atoms with Crippen LogP contribution in [0.5, 0.6) is 0 Å². The molecule has 1 aliphatic carbocycles. The van der Waals surface area contributed by atoms with Crippen molar-refractivity contribution >= 4 is 17.7 Å². The summed E-state index contributed by atoms with van der Waals surface area (Å²) in [5.74, 6) is 2.16. The van der Waals surface area contributed by atoms with Crippen molar-refractivity contribution < 1.29 is 9.21 Å². The summed E-state index contributed by atoms with van der Waals surface area (Å²) in [6.45, 7) is 4.12. The Kier molecular flexibility index (Phi) is 4.03. The number of amides is 1. The second-order valence-electron chi connectivity index (χ2n) is 6.05. The zero-order valence-electron chi connectivity index (χ0n) is 13.2. The van der Waals surface area contributed by atoms with Crippen LogP contribution < -0.4 is 5.32 Å². The number of furan rings is 1. The summed E-state index contributed by atoms with van der Waals surface area (Å²) in [4.78, 5) is 12.2. The van der Waals surface area contributed by atoms with E-state index < -0.39 is 5.91 Å². The molecule has 1 aromatic carbocycles. The van der Waals surface area contributed by atoms with E-state index in [-0.39, 0.29) is 5.57 Å². The van der Waals surface area contributed by atoms with Crippen LogP contribution in [0.3, 0.4) is 0 Å². The fourth-order valence-electron chi connectivity index (χ4n) is 2.58. The Balaban J connectivity index is 1.74. The van der Waals surface area contributed by atoms with Gasteiger partial charge < -0.3 is 9.73 Å². The molecule has 2 atom stereocenters. The number of hydrogen-bond donors (Lipinski definition) is 1. The summed E-state index contributed by atoms with van der Waals surface area (Å²) in [6.07, 6.45) is 2.62. The summed E-state index contributed by atoms with van der Waals surface area (Å²) in [7, 11) is 0. The van der Waals surface area contributed by atoms with E-state index in [1.165, 1.54) is 6.08 Å². The second-order valence-corrected chi connectivity index (χ2v) is 6.05. The lowest BCUT2D eigenvalue weighted by Crippen LogP contribution is -2.13. The Morgan fingerprint density at radius 1 is 1.39 bits per heavy atom. The van der Waals surface area contributed by atoms with Gasteiger partial charge in [0.1, 0.15) is 23.2 Å². The van der Waals surface area contributed by atoms with Crippen LogP contribution in [-0.2, 0) is 4.79 Å². The lowest BCUT2D eigenvalue weighted by Gasteiger charge is -2.04. The molecule has 1 fully saturated rings. The molecule has 116 valence electrons. The maximum Gasteiger partial charge on any atom is 0.266 e. The molecule has 1 amide bonds. The van der Waals surface area contributed by atoms with Crippen molar-refractivity contribution in [3.8, 4) is 6.07 Å². The van der Waals surface area contributed by atoms with Crippen LogP contribution in [0.2, 0.25) is 0 Å². The molecule has 1 heterocycles. The van der Waals surface area contributed by atoms with Crippen molar-refractivity contribution in [2.75, 3.05) is 5.32 Å². The van der Waals surface area contributed by atoms with Crippen LogP contribution in [0, 0.1) is 24.2 Å². The Hall–Kier alpha value is -2.80. The SMILES string of the molecule is Cc1cccc(NC(=O)/C(C#N)=C/c2ccc([C@@H]3C[C@@H]3C)o2)c1. The van der Waals surface area contributed by atoms with Gasteiger partial charge in [0.2, 0.25) is 0 Å². The summed E-state index contributed by atoms with van der Waals surface area (Å²) in [5, 5.41) is 12.0. The van der Waals surface area contributed by atoms with Crippen molar-refractivity contribution in [2.45, 2.75) is 26.2 Å². The number of aryl methyl sites for hydroxylation is 1. The first-order valence-electron chi connectivity index (χ1n) is 7.66. The van der Waals surface area contributed by atoms with Crippen molar-refractivity contribution in [3.05, 3.63) is 59.1 Å². The van der Waals surface area contributed by atoms with Gasteiger partial charge in [0, 0.05) is 17.7 Å². The third-order valence-electron chi connectivity index (χ3n) is 4.05. The van der Waals surface area contributed by atoms with E-state index in [1.54, 1.807) is 12.1 Å². The number of benzene rings is 1. The van der Waals surface area contributed by atoms with Crippen LogP contribution in [-0.4, -0.2) is 5.91 Å². The molecule has 2 aromatic rings. The molecule has 0 aliphatic heterocycles. The molecule has 0 radical (unpaired) electrons. The standard InChI is InChI=1S/C19H18N2O2/c1-12-4-3-5-15(8-12)21-19(22)14(11-20)10-16-6-7-18(23-16)17-9-13(17)2/h3-8,10,13,17H,9H2,1-2H3,(H,21,22)/b14-10+/t13-,17+/m0/s1. The Morgan fingerprint density at radius 3 is 2.83 bits per heavy atom. The quantitative estimate of drug-likeness (QED) is 0.678. The third-order valence-corrected chi connectivity index (χ3v) is 4.05. The molecule has 1 aromatic heterocycles. The molecule has 1 N–H and O–H groups in total. The Morgan fingerprint density at radius 2 is 2.17 bits per heavy atom. The van der Waals surface area contributed by atoms with E-state index in [0.717, 1.165) is 17.7 Å². The fraction of sp³-hybridized carbons (Fsp3) is 0.263. The second kappa shape index (κ2) is 6.13. The fourth-order valence-corrected chi connectivity index (χ4v) is 2.58. The van der Waals surface area contributed by atoms with Gasteiger partial charge in [-0.2, -0.15) is 5.26 Å². The summed E-state index contributed by atoms with van der Waals surface area (Å²) in [6, 6.07) is 13.1.